The van der Waals surface area contributed by atoms with E-state index >= 15 is 0 Å². The number of nitrogens with one attached hydrogen (secondary N) is 1. The van der Waals surface area contributed by atoms with Crippen LogP contribution in [0.5, 0.6) is 0 Å². The first kappa shape index (κ1) is 28.5. The van der Waals surface area contributed by atoms with Crippen LogP contribution >= 0.6 is 11.6 Å². The fourth-order valence-electron chi connectivity index (χ4n) is 3.46. The van der Waals surface area contributed by atoms with Crippen LogP contribution in [0.15, 0.2) is 42.5 Å². The summed E-state index contributed by atoms with van der Waals surface area (Å²) in [6, 6.07) is 6.57. The molecule has 0 aliphatic rings. The van der Waals surface area contributed by atoms with Gasteiger partial charge in [-0.25, -0.2) is 0 Å². The summed E-state index contributed by atoms with van der Waals surface area (Å²) in [7, 11) is 1.29. The SMILES string of the molecule is CC(C)NC(=O)CCC(Cc1ccc(Cl)cc1)N(C)C(=O)c1cc(C(F)(F)F)cc(C(F)(F)F)c1. The van der Waals surface area contributed by atoms with E-state index in [1.165, 1.54) is 7.05 Å². The Bertz CT molecular complexity index is 1000. The van der Waals surface area contributed by atoms with Crippen LogP contribution in [0.2, 0.25) is 5.02 Å². The van der Waals surface area contributed by atoms with E-state index < -0.39 is 41.0 Å². The van der Waals surface area contributed by atoms with E-state index in [0.717, 1.165) is 10.5 Å². The standard InChI is InChI=1S/C24H25ClF6N2O2/c1-14(2)32-21(34)9-8-20(10-15-4-6-19(25)7-5-15)33(3)22(35)16-11-17(23(26,27)28)13-18(12-16)24(29,30)31/h4-7,11-14,20H,8-10H2,1-3H3,(H,32,34). The lowest BCUT2D eigenvalue weighted by atomic mass is 9.98. The highest BCUT2D eigenvalue weighted by molar-refractivity contribution is 6.30. The molecule has 11 heteroatoms. The first-order valence-electron chi connectivity index (χ1n) is 10.7. The second-order valence-electron chi connectivity index (χ2n) is 8.46. The molecular weight excluding hydrogens is 498 g/mol. The van der Waals surface area contributed by atoms with E-state index in [4.69, 9.17) is 11.6 Å². The van der Waals surface area contributed by atoms with E-state index in [1.54, 1.807) is 38.1 Å². The third-order valence-electron chi connectivity index (χ3n) is 5.24. The molecule has 0 spiro atoms. The van der Waals surface area contributed by atoms with E-state index in [-0.39, 0.29) is 37.3 Å². The third kappa shape index (κ3) is 8.45. The van der Waals surface area contributed by atoms with Crippen molar-refractivity contribution in [2.24, 2.45) is 0 Å². The Hall–Kier alpha value is -2.75. The molecule has 0 bridgehead atoms. The molecule has 2 aromatic rings. The molecule has 1 atom stereocenters. The molecule has 0 saturated heterocycles. The summed E-state index contributed by atoms with van der Waals surface area (Å²) in [5.41, 5.74) is -3.17. The Balaban J connectivity index is 2.39. The predicted molar refractivity (Wildman–Crippen MR) is 120 cm³/mol. The number of alkyl halides is 6. The van der Waals surface area contributed by atoms with Crippen LogP contribution in [0.25, 0.3) is 0 Å². The lowest BCUT2D eigenvalue weighted by Gasteiger charge is -2.29. The molecule has 0 radical (unpaired) electrons. The third-order valence-corrected chi connectivity index (χ3v) is 5.49. The van der Waals surface area contributed by atoms with E-state index in [2.05, 4.69) is 5.32 Å². The molecule has 2 amide bonds. The van der Waals surface area contributed by atoms with Crippen molar-refractivity contribution < 1.29 is 35.9 Å². The normalized spacial score (nSPS) is 13.0. The first-order chi connectivity index (χ1) is 16.1. The number of carbonyl (C=O) groups excluding carboxylic acids is 2. The van der Waals surface area contributed by atoms with Crippen molar-refractivity contribution in [3.63, 3.8) is 0 Å². The number of carbonyl (C=O) groups is 2. The van der Waals surface area contributed by atoms with Crippen molar-refractivity contribution in [2.45, 2.75) is 57.5 Å². The van der Waals surface area contributed by atoms with Gasteiger partial charge in [-0.2, -0.15) is 26.3 Å². The first-order valence-corrected chi connectivity index (χ1v) is 11.1. The second kappa shape index (κ2) is 11.3. The number of hydrogen-bond donors (Lipinski definition) is 1. The van der Waals surface area contributed by atoms with Crippen molar-refractivity contribution in [3.8, 4) is 0 Å². The maximum Gasteiger partial charge on any atom is 0.416 e. The van der Waals surface area contributed by atoms with Crippen LogP contribution in [0.4, 0.5) is 26.3 Å². The maximum atomic E-state index is 13.2. The molecule has 1 N–H and O–H groups in total. The number of benzene rings is 2. The molecular formula is C24H25ClF6N2O2. The maximum absolute atomic E-state index is 13.2. The smallest absolute Gasteiger partial charge is 0.354 e. The van der Waals surface area contributed by atoms with Gasteiger partial charge in [0.1, 0.15) is 0 Å². The molecule has 4 nitrogen and oxygen atoms in total. The zero-order chi connectivity index (χ0) is 26.6. The second-order valence-corrected chi connectivity index (χ2v) is 8.89. The van der Waals surface area contributed by atoms with Crippen molar-refractivity contribution in [1.29, 1.82) is 0 Å². The minimum absolute atomic E-state index is 0.00441. The Morgan fingerprint density at radius 3 is 1.91 bits per heavy atom. The van der Waals surface area contributed by atoms with E-state index in [9.17, 15) is 35.9 Å². The van der Waals surface area contributed by atoms with Gasteiger partial charge in [0, 0.05) is 36.1 Å². The van der Waals surface area contributed by atoms with Crippen LogP contribution < -0.4 is 5.32 Å². The van der Waals surface area contributed by atoms with Gasteiger partial charge in [-0.15, -0.1) is 0 Å². The van der Waals surface area contributed by atoms with Crippen molar-refractivity contribution in [1.82, 2.24) is 10.2 Å². The Kier molecular flexibility index (Phi) is 9.22. The summed E-state index contributed by atoms with van der Waals surface area (Å²) in [5, 5.41) is 3.17. The summed E-state index contributed by atoms with van der Waals surface area (Å²) >= 11 is 5.89. The van der Waals surface area contributed by atoms with E-state index in [1.807, 2.05) is 0 Å². The molecule has 2 rings (SSSR count). The van der Waals surface area contributed by atoms with Gasteiger partial charge in [0.2, 0.25) is 5.91 Å². The number of hydrogen-bond acceptors (Lipinski definition) is 2. The summed E-state index contributed by atoms with van der Waals surface area (Å²) in [4.78, 5) is 26.3. The number of amides is 2. The van der Waals surface area contributed by atoms with Gasteiger partial charge in [-0.3, -0.25) is 9.59 Å². The van der Waals surface area contributed by atoms with Gasteiger partial charge in [0.05, 0.1) is 11.1 Å². The fraction of sp³-hybridized carbons (Fsp3) is 0.417. The van der Waals surface area contributed by atoms with Gasteiger partial charge in [0.25, 0.3) is 5.91 Å². The van der Waals surface area contributed by atoms with Crippen LogP contribution in [0.3, 0.4) is 0 Å². The van der Waals surface area contributed by atoms with Gasteiger partial charge in [-0.1, -0.05) is 23.7 Å². The van der Waals surface area contributed by atoms with Gasteiger partial charge in [-0.05, 0) is 62.6 Å². The highest BCUT2D eigenvalue weighted by Gasteiger charge is 2.38. The topological polar surface area (TPSA) is 49.4 Å². The molecule has 0 fully saturated rings. The molecule has 0 saturated carbocycles. The molecule has 35 heavy (non-hydrogen) atoms. The minimum atomic E-state index is -5.08. The summed E-state index contributed by atoms with van der Waals surface area (Å²) in [6.07, 6.45) is -9.81. The molecule has 0 aromatic heterocycles. The fourth-order valence-corrected chi connectivity index (χ4v) is 3.59. The monoisotopic (exact) mass is 522 g/mol. The quantitative estimate of drug-likeness (QED) is 0.410. The van der Waals surface area contributed by atoms with Crippen LogP contribution in [0.1, 0.15) is 53.7 Å². The van der Waals surface area contributed by atoms with Gasteiger partial charge in [0.15, 0.2) is 0 Å². The molecule has 0 aliphatic carbocycles. The molecule has 1 unspecified atom stereocenters. The lowest BCUT2D eigenvalue weighted by Crippen LogP contribution is -2.40. The van der Waals surface area contributed by atoms with Crippen LogP contribution in [-0.4, -0.2) is 35.8 Å². The van der Waals surface area contributed by atoms with Gasteiger partial charge < -0.3 is 10.2 Å². The number of nitrogens with zero attached hydrogens (tertiary/aromatic N) is 1. The Labute approximate surface area is 204 Å². The molecule has 192 valence electrons. The summed E-state index contributed by atoms with van der Waals surface area (Å²) < 4.78 is 79.5. The minimum Gasteiger partial charge on any atom is -0.354 e. The number of rotatable bonds is 8. The van der Waals surface area contributed by atoms with Crippen LogP contribution in [0, 0.1) is 0 Å². The van der Waals surface area contributed by atoms with Crippen LogP contribution in [-0.2, 0) is 23.6 Å². The average molecular weight is 523 g/mol. The van der Waals surface area contributed by atoms with Crippen molar-refractivity contribution in [2.75, 3.05) is 7.05 Å². The largest absolute Gasteiger partial charge is 0.416 e. The van der Waals surface area contributed by atoms with Gasteiger partial charge >= 0.3 is 12.4 Å². The molecule has 2 aromatic carbocycles. The highest BCUT2D eigenvalue weighted by Crippen LogP contribution is 2.36. The zero-order valence-corrected chi connectivity index (χ0v) is 20.0. The Morgan fingerprint density at radius 2 is 1.46 bits per heavy atom. The molecule has 0 heterocycles. The molecule has 0 aliphatic heterocycles. The summed E-state index contributed by atoms with van der Waals surface area (Å²) in [6.45, 7) is 3.54. The van der Waals surface area contributed by atoms with Crippen molar-refractivity contribution >= 4 is 23.4 Å². The average Bonchev–Trinajstić information content (AvgIpc) is 2.75. The number of halogens is 7. The zero-order valence-electron chi connectivity index (χ0n) is 19.2. The predicted octanol–water partition coefficient (Wildman–Crippen LogP) is 6.37. The Morgan fingerprint density at radius 1 is 0.943 bits per heavy atom. The number of likely N-dealkylation sites (N-methyl/N-ethyl adjacent to an activating group) is 1. The summed E-state index contributed by atoms with van der Waals surface area (Å²) in [5.74, 6) is -1.31. The van der Waals surface area contributed by atoms with E-state index in [0.29, 0.717) is 17.2 Å². The lowest BCUT2D eigenvalue weighted by molar-refractivity contribution is -0.143. The highest BCUT2D eigenvalue weighted by atomic mass is 35.5. The van der Waals surface area contributed by atoms with Crippen molar-refractivity contribution in [3.05, 3.63) is 69.7 Å².